The van der Waals surface area contributed by atoms with E-state index in [1.54, 1.807) is 0 Å². The summed E-state index contributed by atoms with van der Waals surface area (Å²) in [5.74, 6) is 1.59. The van der Waals surface area contributed by atoms with Gasteiger partial charge in [0.2, 0.25) is 0 Å². The van der Waals surface area contributed by atoms with Crippen molar-refractivity contribution in [2.24, 2.45) is 62.6 Å². The van der Waals surface area contributed by atoms with Crippen LogP contribution < -0.4 is 0 Å². The SMILES string of the molecule is C=C(C)[C@@H]1CC[C@]2(O)CC[C@]3(C)C(CCC4[C@@]5(C)CC[C@H](C(=O)C(C)(C)CC(=O)O)C(C)(C)C5CC[C@]43C)C12. The van der Waals surface area contributed by atoms with E-state index in [9.17, 15) is 19.8 Å². The standard InChI is InChI=1S/C35H56O4/c1-21(2)22-12-17-35(39)19-18-33(8)23(28(22)35)10-11-26-32(7)15-13-24(29(38)30(3,4)20-27(36)37)31(5,6)25(32)14-16-34(26,33)9/h22-26,28,39H,1,10-20H2,2-9H3,(H,36,37)/t22-,23?,24+,25?,26?,28?,32-,33+,34+,35-/m0/s1. The quantitative estimate of drug-likeness (QED) is 0.346. The first-order valence-electron chi connectivity index (χ1n) is 16.0. The molecule has 5 rings (SSSR count). The highest BCUT2D eigenvalue weighted by Crippen LogP contribution is 2.77. The molecule has 10 atom stereocenters. The number of aliphatic carboxylic acids is 1. The normalized spacial score (nSPS) is 48.7. The highest BCUT2D eigenvalue weighted by Gasteiger charge is 2.71. The summed E-state index contributed by atoms with van der Waals surface area (Å²) >= 11 is 0. The molecule has 39 heavy (non-hydrogen) atoms. The maximum absolute atomic E-state index is 13.9. The third-order valence-corrected chi connectivity index (χ3v) is 14.6. The van der Waals surface area contributed by atoms with Crippen LogP contribution in [-0.2, 0) is 9.59 Å². The second-order valence-electron chi connectivity index (χ2n) is 17.0. The molecule has 0 spiro atoms. The number of hydrogen-bond donors (Lipinski definition) is 2. The van der Waals surface area contributed by atoms with Gasteiger partial charge in [-0.1, -0.05) is 60.6 Å². The number of Topliss-reactive ketones (excluding diaryl/α,β-unsaturated/α-hetero) is 1. The van der Waals surface area contributed by atoms with E-state index in [0.29, 0.717) is 29.6 Å². The number of aliphatic hydroxyl groups is 1. The van der Waals surface area contributed by atoms with Crippen LogP contribution in [0.5, 0.6) is 0 Å². The molecule has 0 aromatic heterocycles. The minimum Gasteiger partial charge on any atom is -0.481 e. The smallest absolute Gasteiger partial charge is 0.304 e. The average molecular weight is 541 g/mol. The second kappa shape index (κ2) is 8.92. The molecule has 0 bridgehead atoms. The number of ketones is 1. The number of carboxylic acids is 1. The van der Waals surface area contributed by atoms with E-state index in [4.69, 9.17) is 0 Å². The van der Waals surface area contributed by atoms with Gasteiger partial charge in [0.1, 0.15) is 5.78 Å². The molecule has 220 valence electrons. The lowest BCUT2D eigenvalue weighted by molar-refractivity contribution is -0.249. The van der Waals surface area contributed by atoms with Crippen LogP contribution >= 0.6 is 0 Å². The molecule has 4 heteroatoms. The minimum absolute atomic E-state index is 0.0827. The highest BCUT2D eigenvalue weighted by atomic mass is 16.4. The maximum atomic E-state index is 13.9. The van der Waals surface area contributed by atoms with E-state index in [1.165, 1.54) is 24.8 Å². The van der Waals surface area contributed by atoms with Crippen molar-refractivity contribution in [3.63, 3.8) is 0 Å². The Bertz CT molecular complexity index is 1060. The van der Waals surface area contributed by atoms with Crippen LogP contribution in [-0.4, -0.2) is 27.6 Å². The lowest BCUT2D eigenvalue weighted by Gasteiger charge is -2.73. The van der Waals surface area contributed by atoms with Crippen molar-refractivity contribution in [2.75, 3.05) is 0 Å². The maximum Gasteiger partial charge on any atom is 0.304 e. The Labute approximate surface area is 237 Å². The molecule has 5 aliphatic rings. The molecular formula is C35H56O4. The average Bonchev–Trinajstić information content (AvgIpc) is 3.16. The summed E-state index contributed by atoms with van der Waals surface area (Å²) < 4.78 is 0. The van der Waals surface area contributed by atoms with Crippen molar-refractivity contribution in [3.8, 4) is 0 Å². The molecular weight excluding hydrogens is 484 g/mol. The fourth-order valence-corrected chi connectivity index (χ4v) is 12.5. The van der Waals surface area contributed by atoms with Gasteiger partial charge in [-0.2, -0.15) is 0 Å². The fourth-order valence-electron chi connectivity index (χ4n) is 12.5. The van der Waals surface area contributed by atoms with Crippen LogP contribution in [0.1, 0.15) is 126 Å². The largest absolute Gasteiger partial charge is 0.481 e. The molecule has 0 aliphatic heterocycles. The lowest BCUT2D eigenvalue weighted by atomic mass is 9.32. The number of rotatable bonds is 5. The van der Waals surface area contributed by atoms with Gasteiger partial charge in [-0.25, -0.2) is 0 Å². The summed E-state index contributed by atoms with van der Waals surface area (Å²) in [6.45, 7) is 22.6. The molecule has 0 heterocycles. The van der Waals surface area contributed by atoms with E-state index in [-0.39, 0.29) is 39.8 Å². The van der Waals surface area contributed by atoms with E-state index in [2.05, 4.69) is 48.1 Å². The summed E-state index contributed by atoms with van der Waals surface area (Å²) in [6, 6.07) is 0. The second-order valence-corrected chi connectivity index (χ2v) is 17.0. The summed E-state index contributed by atoms with van der Waals surface area (Å²) in [6.07, 6.45) is 10.7. The van der Waals surface area contributed by atoms with E-state index in [1.807, 2.05) is 13.8 Å². The van der Waals surface area contributed by atoms with Gasteiger partial charge in [0.05, 0.1) is 12.0 Å². The van der Waals surface area contributed by atoms with E-state index >= 15 is 0 Å². The summed E-state index contributed by atoms with van der Waals surface area (Å²) in [4.78, 5) is 25.4. The van der Waals surface area contributed by atoms with Crippen molar-refractivity contribution >= 4 is 11.8 Å². The number of carbonyl (C=O) groups excluding carboxylic acids is 1. The zero-order valence-corrected chi connectivity index (χ0v) is 26.2. The predicted molar refractivity (Wildman–Crippen MR) is 156 cm³/mol. The molecule has 0 aromatic rings. The first kappa shape index (κ1) is 29.3. The molecule has 0 amide bonds. The Morgan fingerprint density at radius 3 is 2.13 bits per heavy atom. The number of fused-ring (bicyclic) bond motifs is 7. The van der Waals surface area contributed by atoms with Crippen LogP contribution in [0.2, 0.25) is 0 Å². The first-order valence-corrected chi connectivity index (χ1v) is 16.0. The Kier molecular flexibility index (Phi) is 6.71. The molecule has 0 saturated heterocycles. The van der Waals surface area contributed by atoms with Gasteiger partial charge in [-0.05, 0) is 122 Å². The molecule has 5 saturated carbocycles. The predicted octanol–water partition coefficient (Wildman–Crippen LogP) is 8.07. The zero-order chi connectivity index (χ0) is 29.0. The van der Waals surface area contributed by atoms with Crippen LogP contribution in [0, 0.1) is 62.6 Å². The van der Waals surface area contributed by atoms with E-state index < -0.39 is 17.0 Å². The third-order valence-electron chi connectivity index (χ3n) is 14.6. The van der Waals surface area contributed by atoms with Crippen molar-refractivity contribution in [2.45, 2.75) is 132 Å². The lowest BCUT2D eigenvalue weighted by Crippen LogP contribution is -2.67. The Morgan fingerprint density at radius 2 is 1.51 bits per heavy atom. The van der Waals surface area contributed by atoms with Crippen LogP contribution in [0.25, 0.3) is 0 Å². The number of carboxylic acid groups (broad SMARTS) is 1. The first-order chi connectivity index (χ1) is 17.9. The van der Waals surface area contributed by atoms with Gasteiger partial charge in [0, 0.05) is 11.3 Å². The van der Waals surface area contributed by atoms with Gasteiger partial charge in [0.15, 0.2) is 0 Å². The monoisotopic (exact) mass is 540 g/mol. The van der Waals surface area contributed by atoms with Crippen molar-refractivity contribution in [1.29, 1.82) is 0 Å². The summed E-state index contributed by atoms with van der Waals surface area (Å²) in [5.41, 5.74) is 0.368. The molecule has 0 radical (unpaired) electrons. The third kappa shape index (κ3) is 3.92. The summed E-state index contributed by atoms with van der Waals surface area (Å²) in [7, 11) is 0. The van der Waals surface area contributed by atoms with Gasteiger partial charge < -0.3 is 10.2 Å². The van der Waals surface area contributed by atoms with Crippen molar-refractivity contribution in [1.82, 2.24) is 0 Å². The molecule has 4 nitrogen and oxygen atoms in total. The van der Waals surface area contributed by atoms with Gasteiger partial charge >= 0.3 is 5.97 Å². The number of hydrogen-bond acceptors (Lipinski definition) is 3. The summed E-state index contributed by atoms with van der Waals surface area (Å²) in [5, 5.41) is 21.3. The van der Waals surface area contributed by atoms with E-state index in [0.717, 1.165) is 44.9 Å². The fraction of sp³-hybridized carbons (Fsp3) is 0.886. The van der Waals surface area contributed by atoms with Gasteiger partial charge in [0.25, 0.3) is 0 Å². The van der Waals surface area contributed by atoms with Crippen molar-refractivity contribution in [3.05, 3.63) is 12.2 Å². The van der Waals surface area contributed by atoms with Crippen molar-refractivity contribution < 1.29 is 19.8 Å². The number of allylic oxidation sites excluding steroid dienone is 1. The zero-order valence-electron chi connectivity index (χ0n) is 26.2. The van der Waals surface area contributed by atoms with Crippen LogP contribution in [0.3, 0.4) is 0 Å². The molecule has 2 N–H and O–H groups in total. The van der Waals surface area contributed by atoms with Gasteiger partial charge in [-0.15, -0.1) is 0 Å². The van der Waals surface area contributed by atoms with Gasteiger partial charge in [-0.3, -0.25) is 9.59 Å². The Morgan fingerprint density at radius 1 is 0.846 bits per heavy atom. The minimum atomic E-state index is -0.888. The van der Waals surface area contributed by atoms with Crippen LogP contribution in [0.15, 0.2) is 12.2 Å². The Hall–Kier alpha value is -1.16. The molecule has 5 aliphatic carbocycles. The molecule has 5 fully saturated rings. The highest BCUT2D eigenvalue weighted by molar-refractivity contribution is 5.90. The topological polar surface area (TPSA) is 74.6 Å². The molecule has 0 aromatic carbocycles. The van der Waals surface area contributed by atoms with Crippen LogP contribution in [0.4, 0.5) is 0 Å². The molecule has 4 unspecified atom stereocenters. The Balaban J connectivity index is 1.47. The number of carbonyl (C=O) groups is 2.